The van der Waals surface area contributed by atoms with Crippen molar-refractivity contribution in [2.45, 2.75) is 84.3 Å². The second kappa shape index (κ2) is 8.90. The Balaban J connectivity index is 1.31. The van der Waals surface area contributed by atoms with E-state index >= 15 is 0 Å². The highest BCUT2D eigenvalue weighted by Crippen LogP contribution is 2.44. The molecule has 2 aromatic rings. The van der Waals surface area contributed by atoms with Crippen LogP contribution in [-0.4, -0.2) is 40.2 Å². The van der Waals surface area contributed by atoms with E-state index in [1.165, 1.54) is 36.6 Å². The van der Waals surface area contributed by atoms with Crippen molar-refractivity contribution < 1.29 is 14.6 Å². The van der Waals surface area contributed by atoms with Gasteiger partial charge in [-0.3, -0.25) is 14.7 Å². The molecule has 1 saturated heterocycles. The molecule has 1 aliphatic heterocycles. The molecule has 5 nitrogen and oxygen atoms in total. The van der Waals surface area contributed by atoms with Crippen LogP contribution in [0.3, 0.4) is 0 Å². The van der Waals surface area contributed by atoms with Crippen LogP contribution >= 0.6 is 0 Å². The fraction of sp³-hybridized carbons (Fsp3) is 0.643. The molecule has 1 aromatic carbocycles. The summed E-state index contributed by atoms with van der Waals surface area (Å²) in [7, 11) is 0. The minimum Gasteiger partial charge on any atom is -0.490 e. The summed E-state index contributed by atoms with van der Waals surface area (Å²) in [4.78, 5) is 18.5. The highest BCUT2D eigenvalue weighted by molar-refractivity contribution is 5.85. The lowest BCUT2D eigenvalue weighted by Gasteiger charge is -2.37. The zero-order chi connectivity index (χ0) is 23.2. The number of aliphatic carboxylic acids is 1. The second-order valence-corrected chi connectivity index (χ2v) is 11.7. The summed E-state index contributed by atoms with van der Waals surface area (Å²) in [6.45, 7) is 9.26. The lowest BCUT2D eigenvalue weighted by molar-refractivity contribution is -0.141. The van der Waals surface area contributed by atoms with Gasteiger partial charge in [0.2, 0.25) is 0 Å². The Morgan fingerprint density at radius 1 is 1.09 bits per heavy atom. The number of carboxylic acids is 1. The van der Waals surface area contributed by atoms with E-state index in [9.17, 15) is 9.90 Å². The van der Waals surface area contributed by atoms with Gasteiger partial charge in [-0.15, -0.1) is 0 Å². The van der Waals surface area contributed by atoms with Gasteiger partial charge in [0.1, 0.15) is 5.75 Å². The predicted molar refractivity (Wildman–Crippen MR) is 131 cm³/mol. The fourth-order valence-corrected chi connectivity index (χ4v) is 5.82. The van der Waals surface area contributed by atoms with E-state index in [1.807, 2.05) is 0 Å². The minimum absolute atomic E-state index is 0.244. The summed E-state index contributed by atoms with van der Waals surface area (Å²) >= 11 is 0. The fourth-order valence-electron chi connectivity index (χ4n) is 5.82. The van der Waals surface area contributed by atoms with Crippen molar-refractivity contribution in [1.82, 2.24) is 9.88 Å². The molecule has 3 aliphatic rings. The number of hydrogen-bond donors (Lipinski definition) is 1. The Bertz CT molecular complexity index is 1020. The van der Waals surface area contributed by atoms with Crippen molar-refractivity contribution in [3.05, 3.63) is 35.5 Å². The number of rotatable bonds is 6. The molecule has 3 fully saturated rings. The van der Waals surface area contributed by atoms with Crippen molar-refractivity contribution in [2.24, 2.45) is 17.3 Å². The highest BCUT2D eigenvalue weighted by atomic mass is 16.5. The third-order valence-corrected chi connectivity index (χ3v) is 8.09. The topological polar surface area (TPSA) is 62.7 Å². The highest BCUT2D eigenvalue weighted by Gasteiger charge is 2.32. The third kappa shape index (κ3) is 5.18. The smallest absolute Gasteiger partial charge is 0.307 e. The second-order valence-electron chi connectivity index (χ2n) is 11.7. The number of ether oxygens (including phenoxy) is 1. The number of hydrogen-bond acceptors (Lipinski definition) is 4. The molecule has 1 aromatic heterocycles. The Kier molecular flexibility index (Phi) is 6.11. The maximum atomic E-state index is 11.3. The number of carboxylic acid groups (broad SMARTS) is 1. The van der Waals surface area contributed by atoms with E-state index in [2.05, 4.69) is 49.9 Å². The molecule has 0 spiro atoms. The molecule has 0 radical (unpaired) electrons. The molecule has 2 heterocycles. The van der Waals surface area contributed by atoms with Gasteiger partial charge in [0.15, 0.2) is 0 Å². The van der Waals surface area contributed by atoms with Gasteiger partial charge in [-0.1, -0.05) is 20.8 Å². The summed E-state index contributed by atoms with van der Waals surface area (Å²) in [5.41, 5.74) is 3.88. The zero-order valence-electron chi connectivity index (χ0n) is 20.3. The molecule has 2 saturated carbocycles. The minimum atomic E-state index is -0.679. The molecule has 1 N–H and O–H groups in total. The van der Waals surface area contributed by atoms with E-state index in [4.69, 9.17) is 9.72 Å². The standard InChI is InChI=1S/C28H38N2O3/c1-28(2,3)20-6-8-22(9-7-20)33-23-10-11-26-25(15-23)24(18-4-5-18)14-21(29-26)17-30-13-12-19(16-30)27(31)32/h10-11,14-15,18-20,22H,4-9,12-13,16-17H2,1-3H3,(H,31,32). The van der Waals surface area contributed by atoms with Crippen LogP contribution in [-0.2, 0) is 11.3 Å². The van der Waals surface area contributed by atoms with E-state index in [0.717, 1.165) is 55.2 Å². The molecule has 5 heteroatoms. The molecule has 5 rings (SSSR count). The van der Waals surface area contributed by atoms with Crippen molar-refractivity contribution in [1.29, 1.82) is 0 Å². The average Bonchev–Trinajstić information content (AvgIpc) is 3.51. The van der Waals surface area contributed by atoms with Crippen LogP contribution in [0.2, 0.25) is 0 Å². The molecule has 1 unspecified atom stereocenters. The maximum absolute atomic E-state index is 11.3. The SMILES string of the molecule is CC(C)(C)C1CCC(Oc2ccc3nc(CN4CCC(C(=O)O)C4)cc(C4CC4)c3c2)CC1. The third-order valence-electron chi connectivity index (χ3n) is 8.09. The van der Waals surface area contributed by atoms with Gasteiger partial charge in [-0.05, 0) is 98.6 Å². The van der Waals surface area contributed by atoms with Crippen LogP contribution in [0.1, 0.15) is 82.9 Å². The number of pyridine rings is 1. The van der Waals surface area contributed by atoms with Crippen LogP contribution in [0.5, 0.6) is 5.75 Å². The van der Waals surface area contributed by atoms with Crippen molar-refractivity contribution >= 4 is 16.9 Å². The maximum Gasteiger partial charge on any atom is 0.307 e. The number of aromatic nitrogens is 1. The van der Waals surface area contributed by atoms with Crippen molar-refractivity contribution in [3.8, 4) is 5.75 Å². The van der Waals surface area contributed by atoms with Gasteiger partial charge in [-0.25, -0.2) is 0 Å². The van der Waals surface area contributed by atoms with Gasteiger partial charge < -0.3 is 9.84 Å². The molecular formula is C28H38N2O3. The first-order chi connectivity index (χ1) is 15.8. The lowest BCUT2D eigenvalue weighted by atomic mass is 9.72. The van der Waals surface area contributed by atoms with Crippen LogP contribution < -0.4 is 4.74 Å². The summed E-state index contributed by atoms with van der Waals surface area (Å²) < 4.78 is 6.46. The van der Waals surface area contributed by atoms with Gasteiger partial charge in [-0.2, -0.15) is 0 Å². The Labute approximate surface area is 197 Å². The zero-order valence-corrected chi connectivity index (χ0v) is 20.3. The first-order valence-electron chi connectivity index (χ1n) is 12.8. The van der Waals surface area contributed by atoms with Crippen molar-refractivity contribution in [3.63, 3.8) is 0 Å². The van der Waals surface area contributed by atoms with Gasteiger partial charge in [0.05, 0.1) is 23.2 Å². The molecule has 33 heavy (non-hydrogen) atoms. The van der Waals surface area contributed by atoms with Gasteiger partial charge in [0, 0.05) is 18.5 Å². The predicted octanol–water partition coefficient (Wildman–Crippen LogP) is 6.00. The Morgan fingerprint density at radius 2 is 1.85 bits per heavy atom. The first-order valence-corrected chi connectivity index (χ1v) is 12.8. The van der Waals surface area contributed by atoms with E-state index in [-0.39, 0.29) is 5.92 Å². The number of likely N-dealkylation sites (tertiary alicyclic amines) is 1. The van der Waals surface area contributed by atoms with Crippen LogP contribution in [0, 0.1) is 17.3 Å². The van der Waals surface area contributed by atoms with Gasteiger partial charge >= 0.3 is 5.97 Å². The summed E-state index contributed by atoms with van der Waals surface area (Å²) in [6, 6.07) is 8.69. The number of benzene rings is 1. The Hall–Kier alpha value is -2.14. The molecule has 178 valence electrons. The molecule has 0 amide bonds. The van der Waals surface area contributed by atoms with E-state index < -0.39 is 5.97 Å². The number of fused-ring (bicyclic) bond motifs is 1. The van der Waals surface area contributed by atoms with E-state index in [0.29, 0.717) is 24.0 Å². The van der Waals surface area contributed by atoms with Gasteiger partial charge in [0.25, 0.3) is 0 Å². The average molecular weight is 451 g/mol. The van der Waals surface area contributed by atoms with Crippen molar-refractivity contribution in [2.75, 3.05) is 13.1 Å². The summed E-state index contributed by atoms with van der Waals surface area (Å²) in [6.07, 6.45) is 8.31. The summed E-state index contributed by atoms with van der Waals surface area (Å²) in [5, 5.41) is 10.5. The summed E-state index contributed by atoms with van der Waals surface area (Å²) in [5.74, 6) is 1.46. The molecule has 2 aliphatic carbocycles. The monoisotopic (exact) mass is 450 g/mol. The normalized spacial score (nSPS) is 26.6. The molecule has 1 atom stereocenters. The van der Waals surface area contributed by atoms with E-state index in [1.54, 1.807) is 0 Å². The van der Waals surface area contributed by atoms with Crippen LogP contribution in [0.25, 0.3) is 10.9 Å². The molecule has 0 bridgehead atoms. The van der Waals surface area contributed by atoms with Crippen LogP contribution in [0.15, 0.2) is 24.3 Å². The quantitative estimate of drug-likeness (QED) is 0.585. The van der Waals surface area contributed by atoms with Crippen LogP contribution in [0.4, 0.5) is 0 Å². The molecular weight excluding hydrogens is 412 g/mol. The number of carbonyl (C=O) groups is 1. The Morgan fingerprint density at radius 3 is 2.48 bits per heavy atom. The number of nitrogens with zero attached hydrogens (tertiary/aromatic N) is 2. The largest absolute Gasteiger partial charge is 0.490 e. The lowest BCUT2D eigenvalue weighted by Crippen LogP contribution is -2.30. The first kappa shape index (κ1) is 22.6.